The smallest absolute Gasteiger partial charge is 0.326 e. The number of hydrogen-bond acceptors (Lipinski definition) is 8. The van der Waals surface area contributed by atoms with Crippen molar-refractivity contribution in [3.8, 4) is 5.75 Å². The largest absolute Gasteiger partial charge is 0.508 e. The molecule has 0 aliphatic heterocycles. The van der Waals surface area contributed by atoms with E-state index in [-0.39, 0.29) is 25.0 Å². The molecule has 0 fully saturated rings. The zero-order valence-electron chi connectivity index (χ0n) is 22.1. The molecule has 0 bridgehead atoms. The molecule has 0 aliphatic carbocycles. The Morgan fingerprint density at radius 2 is 1.35 bits per heavy atom. The highest BCUT2D eigenvalue weighted by Crippen LogP contribution is 2.13. The first kappa shape index (κ1) is 29.8. The number of hydrogen-bond donors (Lipinski definition) is 8. The minimum atomic E-state index is -1.21. The number of amides is 3. The summed E-state index contributed by atoms with van der Waals surface area (Å²) in [6.45, 7) is 3.30. The third-order valence-electron chi connectivity index (χ3n) is 6.18. The lowest BCUT2D eigenvalue weighted by atomic mass is 10.0. The van der Waals surface area contributed by atoms with Gasteiger partial charge in [-0.25, -0.2) is 14.8 Å². The molecule has 4 unspecified atom stereocenters. The number of benzene rings is 1. The number of aromatic amines is 2. The third kappa shape index (κ3) is 8.66. The predicted molar refractivity (Wildman–Crippen MR) is 143 cm³/mol. The van der Waals surface area contributed by atoms with Crippen LogP contribution in [0.1, 0.15) is 30.8 Å². The molecule has 2 aromatic heterocycles. The second kappa shape index (κ2) is 13.9. The van der Waals surface area contributed by atoms with E-state index in [1.54, 1.807) is 26.0 Å². The zero-order chi connectivity index (χ0) is 29.2. The van der Waals surface area contributed by atoms with Crippen LogP contribution in [0.3, 0.4) is 0 Å². The predicted octanol–water partition coefficient (Wildman–Crippen LogP) is -0.611. The van der Waals surface area contributed by atoms with Gasteiger partial charge in [0.15, 0.2) is 0 Å². The number of phenols is 1. The molecule has 14 nitrogen and oxygen atoms in total. The van der Waals surface area contributed by atoms with Crippen LogP contribution in [0.15, 0.2) is 49.3 Å². The van der Waals surface area contributed by atoms with Crippen molar-refractivity contribution in [2.45, 2.75) is 57.3 Å². The van der Waals surface area contributed by atoms with Crippen molar-refractivity contribution in [3.05, 3.63) is 66.3 Å². The van der Waals surface area contributed by atoms with Crippen LogP contribution in [0.2, 0.25) is 0 Å². The number of carboxylic acid groups (broad SMARTS) is 1. The van der Waals surface area contributed by atoms with E-state index in [1.807, 2.05) is 0 Å². The number of carbonyl (C=O) groups is 4. The second-order valence-corrected chi connectivity index (χ2v) is 9.73. The summed E-state index contributed by atoms with van der Waals surface area (Å²) in [5.41, 5.74) is 7.84. The first-order chi connectivity index (χ1) is 19.0. The number of nitrogens with one attached hydrogen (secondary N) is 5. The average Bonchev–Trinajstić information content (AvgIpc) is 3.61. The summed E-state index contributed by atoms with van der Waals surface area (Å²) in [5.74, 6) is -3.62. The number of aromatic nitrogens is 4. The van der Waals surface area contributed by atoms with E-state index < -0.39 is 53.8 Å². The number of aromatic hydroxyl groups is 1. The number of nitrogens with two attached hydrogens (primary N) is 1. The lowest BCUT2D eigenvalue weighted by Gasteiger charge is -2.26. The van der Waals surface area contributed by atoms with Gasteiger partial charge < -0.3 is 41.9 Å². The van der Waals surface area contributed by atoms with Crippen LogP contribution in [0.25, 0.3) is 0 Å². The van der Waals surface area contributed by atoms with Crippen molar-refractivity contribution in [2.24, 2.45) is 11.7 Å². The Hall–Kier alpha value is -4.72. The summed E-state index contributed by atoms with van der Waals surface area (Å²) in [6.07, 6.45) is 6.09. The molecule has 3 rings (SSSR count). The fourth-order valence-electron chi connectivity index (χ4n) is 3.95. The molecule has 9 N–H and O–H groups in total. The maximum absolute atomic E-state index is 13.5. The van der Waals surface area contributed by atoms with Crippen LogP contribution in [-0.4, -0.2) is 78.0 Å². The molecule has 40 heavy (non-hydrogen) atoms. The topological polar surface area (TPSA) is 228 Å². The van der Waals surface area contributed by atoms with E-state index in [9.17, 15) is 29.4 Å². The Bertz CT molecular complexity index is 1260. The maximum Gasteiger partial charge on any atom is 0.326 e. The molecule has 4 atom stereocenters. The normalized spacial score (nSPS) is 14.1. The van der Waals surface area contributed by atoms with Crippen LogP contribution in [0.5, 0.6) is 5.75 Å². The number of phenolic OH excluding ortho intramolecular Hbond substituents is 1. The van der Waals surface area contributed by atoms with Gasteiger partial charge in [0.05, 0.1) is 18.7 Å². The van der Waals surface area contributed by atoms with Gasteiger partial charge in [0.25, 0.3) is 0 Å². The lowest BCUT2D eigenvalue weighted by molar-refractivity contribution is -0.143. The highest BCUT2D eigenvalue weighted by Gasteiger charge is 2.32. The fraction of sp³-hybridized carbons (Fsp3) is 0.385. The zero-order valence-corrected chi connectivity index (χ0v) is 22.1. The third-order valence-corrected chi connectivity index (χ3v) is 6.18. The van der Waals surface area contributed by atoms with E-state index in [0.29, 0.717) is 17.0 Å². The average molecular weight is 555 g/mol. The Morgan fingerprint density at radius 1 is 0.825 bits per heavy atom. The molecule has 0 saturated heterocycles. The van der Waals surface area contributed by atoms with Crippen molar-refractivity contribution in [1.82, 2.24) is 35.9 Å². The fourth-order valence-corrected chi connectivity index (χ4v) is 3.95. The van der Waals surface area contributed by atoms with Crippen LogP contribution in [0, 0.1) is 5.92 Å². The van der Waals surface area contributed by atoms with E-state index >= 15 is 0 Å². The number of H-pyrrole nitrogens is 2. The Kier molecular flexibility index (Phi) is 10.4. The van der Waals surface area contributed by atoms with Gasteiger partial charge in [-0.05, 0) is 23.6 Å². The number of aliphatic carboxylic acids is 1. The van der Waals surface area contributed by atoms with Gasteiger partial charge >= 0.3 is 5.97 Å². The van der Waals surface area contributed by atoms with Gasteiger partial charge in [-0.3, -0.25) is 14.4 Å². The summed E-state index contributed by atoms with van der Waals surface area (Å²) in [5, 5.41) is 26.9. The van der Waals surface area contributed by atoms with E-state index in [0.717, 1.165) is 0 Å². The monoisotopic (exact) mass is 554 g/mol. The summed E-state index contributed by atoms with van der Waals surface area (Å²) in [4.78, 5) is 64.9. The molecule has 3 amide bonds. The SMILES string of the molecule is CC(C)C(NC(=O)C(Cc1ccc(O)cc1)NC(=O)C(Cc1cnc[nH]1)NC(=O)C(N)Cc1cnc[nH]1)C(=O)O. The van der Waals surface area contributed by atoms with Crippen molar-refractivity contribution in [2.75, 3.05) is 0 Å². The van der Waals surface area contributed by atoms with E-state index in [4.69, 9.17) is 5.73 Å². The number of imidazole rings is 2. The number of carboxylic acids is 1. The molecule has 14 heteroatoms. The Balaban J connectivity index is 1.81. The minimum absolute atomic E-state index is 0.00759. The highest BCUT2D eigenvalue weighted by molar-refractivity contribution is 5.94. The van der Waals surface area contributed by atoms with Gasteiger partial charge in [-0.2, -0.15) is 0 Å². The van der Waals surface area contributed by atoms with E-state index in [1.165, 1.54) is 37.2 Å². The van der Waals surface area contributed by atoms with Crippen LogP contribution in [0.4, 0.5) is 0 Å². The second-order valence-electron chi connectivity index (χ2n) is 9.73. The summed E-state index contributed by atoms with van der Waals surface area (Å²) in [6, 6.07) is 1.51. The molecule has 2 heterocycles. The van der Waals surface area contributed by atoms with Gasteiger partial charge in [-0.1, -0.05) is 26.0 Å². The maximum atomic E-state index is 13.5. The molecule has 0 spiro atoms. The van der Waals surface area contributed by atoms with E-state index in [2.05, 4.69) is 35.9 Å². The van der Waals surface area contributed by atoms with Crippen molar-refractivity contribution < 1.29 is 29.4 Å². The van der Waals surface area contributed by atoms with Gasteiger partial charge in [0, 0.05) is 43.0 Å². The highest BCUT2D eigenvalue weighted by atomic mass is 16.4. The summed E-state index contributed by atoms with van der Waals surface area (Å²) < 4.78 is 0. The minimum Gasteiger partial charge on any atom is -0.508 e. The number of rotatable bonds is 14. The quantitative estimate of drug-likeness (QED) is 0.127. The molecular weight excluding hydrogens is 520 g/mol. The van der Waals surface area contributed by atoms with Crippen molar-refractivity contribution >= 4 is 23.7 Å². The molecule has 0 radical (unpaired) electrons. The van der Waals surface area contributed by atoms with Gasteiger partial charge in [0.2, 0.25) is 17.7 Å². The molecule has 1 aromatic carbocycles. The standard InChI is InChI=1S/C26H34N8O6/c1-14(2)22(26(39)40)34-25(38)20(7-15-3-5-18(35)6-4-15)33-24(37)21(9-17-11-29-13-31-17)32-23(36)19(27)8-16-10-28-12-30-16/h3-6,10-14,19-22,35H,7-9,27H2,1-2H3,(H,28,30)(H,29,31)(H,32,36)(H,33,37)(H,34,38)(H,39,40). The van der Waals surface area contributed by atoms with Gasteiger partial charge in [-0.15, -0.1) is 0 Å². The van der Waals surface area contributed by atoms with Crippen LogP contribution < -0.4 is 21.7 Å². The first-order valence-electron chi connectivity index (χ1n) is 12.7. The number of carbonyl (C=O) groups excluding carboxylic acids is 3. The molecule has 214 valence electrons. The van der Waals surface area contributed by atoms with Crippen LogP contribution in [-0.2, 0) is 38.4 Å². The molecule has 0 aliphatic rings. The van der Waals surface area contributed by atoms with Crippen molar-refractivity contribution in [1.29, 1.82) is 0 Å². The molecular formula is C26H34N8O6. The lowest BCUT2D eigenvalue weighted by Crippen LogP contribution is -2.58. The molecule has 3 aromatic rings. The van der Waals surface area contributed by atoms with Crippen molar-refractivity contribution in [3.63, 3.8) is 0 Å². The summed E-state index contributed by atoms with van der Waals surface area (Å²) in [7, 11) is 0. The van der Waals surface area contributed by atoms with Crippen LogP contribution >= 0.6 is 0 Å². The summed E-state index contributed by atoms with van der Waals surface area (Å²) >= 11 is 0. The Labute approximate surface area is 230 Å². The Morgan fingerprint density at radius 3 is 1.88 bits per heavy atom. The number of nitrogens with zero attached hydrogens (tertiary/aromatic N) is 2. The van der Waals surface area contributed by atoms with Gasteiger partial charge in [0.1, 0.15) is 23.9 Å². The molecule has 0 saturated carbocycles. The first-order valence-corrected chi connectivity index (χ1v) is 12.7.